The van der Waals surface area contributed by atoms with Crippen LogP contribution >= 0.6 is 0 Å². The summed E-state index contributed by atoms with van der Waals surface area (Å²) in [5.41, 5.74) is 8.90. The molecule has 0 fully saturated rings. The molecule has 0 unspecified atom stereocenters. The van der Waals surface area contributed by atoms with Gasteiger partial charge in [0, 0.05) is 18.3 Å². The van der Waals surface area contributed by atoms with Crippen molar-refractivity contribution in [1.82, 2.24) is 9.97 Å². The van der Waals surface area contributed by atoms with Gasteiger partial charge in [0.2, 0.25) is 0 Å². The molecular formula is C18H18BN5O2. The highest BCUT2D eigenvalue weighted by Gasteiger charge is 2.13. The minimum Gasteiger partial charge on any atom is -0.423 e. The van der Waals surface area contributed by atoms with Crippen LogP contribution in [0.1, 0.15) is 11.3 Å². The molecule has 0 atom stereocenters. The first kappa shape index (κ1) is 17.6. The lowest BCUT2D eigenvalue weighted by Gasteiger charge is -2.12. The predicted octanol–water partition coefficient (Wildman–Crippen LogP) is 1.02. The Labute approximate surface area is 151 Å². The fourth-order valence-corrected chi connectivity index (χ4v) is 2.44. The van der Waals surface area contributed by atoms with Crippen LogP contribution in [0.2, 0.25) is 0 Å². The SMILES string of the molecule is N=Cc1nc(-c2ccccc2)nc(NCc2ccc(B(O)O)cc2)c1N. The van der Waals surface area contributed by atoms with Crippen LogP contribution in [-0.4, -0.2) is 33.3 Å². The third kappa shape index (κ3) is 3.88. The Morgan fingerprint density at radius 3 is 2.35 bits per heavy atom. The van der Waals surface area contributed by atoms with Crippen LogP contribution in [0.3, 0.4) is 0 Å². The number of hydrogen-bond donors (Lipinski definition) is 5. The largest absolute Gasteiger partial charge is 0.488 e. The van der Waals surface area contributed by atoms with E-state index >= 15 is 0 Å². The molecule has 26 heavy (non-hydrogen) atoms. The molecule has 0 saturated carbocycles. The first-order valence-corrected chi connectivity index (χ1v) is 8.00. The number of rotatable bonds is 6. The number of anilines is 2. The Morgan fingerprint density at radius 1 is 1.04 bits per heavy atom. The van der Waals surface area contributed by atoms with Gasteiger partial charge in [0.25, 0.3) is 0 Å². The van der Waals surface area contributed by atoms with E-state index in [9.17, 15) is 0 Å². The van der Waals surface area contributed by atoms with Crippen molar-refractivity contribution in [2.24, 2.45) is 0 Å². The molecule has 0 aliphatic heterocycles. The number of nitrogens with two attached hydrogens (primary N) is 1. The van der Waals surface area contributed by atoms with Gasteiger partial charge in [0.15, 0.2) is 11.6 Å². The molecular weight excluding hydrogens is 329 g/mol. The van der Waals surface area contributed by atoms with Gasteiger partial charge in [0.1, 0.15) is 11.4 Å². The van der Waals surface area contributed by atoms with Crippen LogP contribution in [0, 0.1) is 5.41 Å². The zero-order valence-electron chi connectivity index (χ0n) is 13.9. The molecule has 0 spiro atoms. The van der Waals surface area contributed by atoms with Gasteiger partial charge in [-0.05, 0) is 11.0 Å². The summed E-state index contributed by atoms with van der Waals surface area (Å²) in [6.07, 6.45) is 1.10. The molecule has 1 heterocycles. The van der Waals surface area contributed by atoms with E-state index in [1.54, 1.807) is 24.3 Å². The van der Waals surface area contributed by atoms with E-state index < -0.39 is 7.12 Å². The standard InChI is InChI=1S/C18H18BN5O2/c20-10-15-16(21)18(24-17(23-15)13-4-2-1-3-5-13)22-11-12-6-8-14(9-7-12)19(25)26/h1-10,20,25-26H,11,21H2,(H,22,23,24). The van der Waals surface area contributed by atoms with Gasteiger partial charge in [0.05, 0.1) is 0 Å². The van der Waals surface area contributed by atoms with Gasteiger partial charge in [-0.1, -0.05) is 54.6 Å². The van der Waals surface area contributed by atoms with Crippen molar-refractivity contribution in [1.29, 1.82) is 5.41 Å². The molecule has 2 aromatic carbocycles. The molecule has 3 rings (SSSR count). The number of nitrogens with zero attached hydrogens (tertiary/aromatic N) is 2. The van der Waals surface area contributed by atoms with Crippen molar-refractivity contribution in [3.8, 4) is 11.4 Å². The average Bonchev–Trinajstić information content (AvgIpc) is 2.68. The summed E-state index contributed by atoms with van der Waals surface area (Å²) in [6, 6.07) is 16.3. The molecule has 6 N–H and O–H groups in total. The summed E-state index contributed by atoms with van der Waals surface area (Å²) in [7, 11) is -1.49. The van der Waals surface area contributed by atoms with E-state index in [-0.39, 0.29) is 0 Å². The quantitative estimate of drug-likeness (QED) is 0.334. The van der Waals surface area contributed by atoms with Crippen molar-refractivity contribution in [3.63, 3.8) is 0 Å². The highest BCUT2D eigenvalue weighted by atomic mass is 16.4. The van der Waals surface area contributed by atoms with Gasteiger partial charge in [-0.15, -0.1) is 0 Å². The molecule has 7 nitrogen and oxygen atoms in total. The van der Waals surface area contributed by atoms with Crippen molar-refractivity contribution in [2.45, 2.75) is 6.54 Å². The molecule has 130 valence electrons. The van der Waals surface area contributed by atoms with Crippen molar-refractivity contribution < 1.29 is 10.0 Å². The smallest absolute Gasteiger partial charge is 0.423 e. The molecule has 0 saturated heterocycles. The van der Waals surface area contributed by atoms with E-state index in [1.807, 2.05) is 30.3 Å². The highest BCUT2D eigenvalue weighted by Crippen LogP contribution is 2.24. The van der Waals surface area contributed by atoms with Crippen molar-refractivity contribution >= 4 is 30.3 Å². The molecule has 8 heteroatoms. The number of benzene rings is 2. The number of nitrogen functional groups attached to an aromatic ring is 1. The Kier molecular flexibility index (Phi) is 5.26. The van der Waals surface area contributed by atoms with Crippen LogP contribution in [-0.2, 0) is 6.54 Å². The number of hydrogen-bond acceptors (Lipinski definition) is 7. The first-order valence-electron chi connectivity index (χ1n) is 8.00. The second-order valence-corrected chi connectivity index (χ2v) is 5.67. The topological polar surface area (TPSA) is 128 Å². The first-order chi connectivity index (χ1) is 12.6. The fraction of sp³-hybridized carbons (Fsp3) is 0.0556. The Bertz CT molecular complexity index is 901. The minimum atomic E-state index is -1.49. The highest BCUT2D eigenvalue weighted by molar-refractivity contribution is 6.58. The zero-order valence-corrected chi connectivity index (χ0v) is 13.9. The average molecular weight is 347 g/mol. The molecule has 1 aromatic heterocycles. The lowest BCUT2D eigenvalue weighted by molar-refractivity contribution is 0.426. The Hall–Kier alpha value is -3.23. The number of nitrogens with one attached hydrogen (secondary N) is 2. The van der Waals surface area contributed by atoms with Crippen LogP contribution < -0.4 is 16.5 Å². The molecule has 0 aliphatic rings. The summed E-state index contributed by atoms with van der Waals surface area (Å²) in [5, 5.41) is 29.0. The van der Waals surface area contributed by atoms with Gasteiger partial charge in [-0.3, -0.25) is 0 Å². The normalized spacial score (nSPS) is 10.4. The second-order valence-electron chi connectivity index (χ2n) is 5.67. The molecule has 0 amide bonds. The lowest BCUT2D eigenvalue weighted by atomic mass is 9.80. The van der Waals surface area contributed by atoms with Crippen LogP contribution in [0.5, 0.6) is 0 Å². The third-order valence-corrected chi connectivity index (χ3v) is 3.88. The predicted molar refractivity (Wildman–Crippen MR) is 103 cm³/mol. The van der Waals surface area contributed by atoms with E-state index in [0.29, 0.717) is 35.0 Å². The maximum absolute atomic E-state index is 9.14. The fourth-order valence-electron chi connectivity index (χ4n) is 2.44. The van der Waals surface area contributed by atoms with E-state index in [4.69, 9.17) is 21.2 Å². The third-order valence-electron chi connectivity index (χ3n) is 3.88. The van der Waals surface area contributed by atoms with Gasteiger partial charge < -0.3 is 26.5 Å². The molecule has 0 aliphatic carbocycles. The number of aromatic nitrogens is 2. The summed E-state index contributed by atoms with van der Waals surface area (Å²) in [6.45, 7) is 0.439. The summed E-state index contributed by atoms with van der Waals surface area (Å²) < 4.78 is 0. The van der Waals surface area contributed by atoms with E-state index in [1.165, 1.54) is 0 Å². The maximum atomic E-state index is 9.14. The van der Waals surface area contributed by atoms with Crippen LogP contribution in [0.4, 0.5) is 11.5 Å². The van der Waals surface area contributed by atoms with E-state index in [0.717, 1.165) is 17.3 Å². The maximum Gasteiger partial charge on any atom is 0.488 e. The molecule has 0 radical (unpaired) electrons. The molecule has 3 aromatic rings. The Morgan fingerprint density at radius 2 is 1.73 bits per heavy atom. The summed E-state index contributed by atoms with van der Waals surface area (Å²) in [5.74, 6) is 0.933. The van der Waals surface area contributed by atoms with Gasteiger partial charge >= 0.3 is 7.12 Å². The zero-order chi connectivity index (χ0) is 18.5. The summed E-state index contributed by atoms with van der Waals surface area (Å²) >= 11 is 0. The van der Waals surface area contributed by atoms with Gasteiger partial charge in [-0.2, -0.15) is 0 Å². The van der Waals surface area contributed by atoms with Crippen LogP contribution in [0.25, 0.3) is 11.4 Å². The van der Waals surface area contributed by atoms with Crippen LogP contribution in [0.15, 0.2) is 54.6 Å². The van der Waals surface area contributed by atoms with Gasteiger partial charge in [-0.25, -0.2) is 9.97 Å². The second kappa shape index (κ2) is 7.77. The van der Waals surface area contributed by atoms with Crippen molar-refractivity contribution in [3.05, 3.63) is 65.9 Å². The summed E-state index contributed by atoms with van der Waals surface area (Å²) in [4.78, 5) is 8.81. The Balaban J connectivity index is 1.85. The lowest BCUT2D eigenvalue weighted by Crippen LogP contribution is -2.29. The van der Waals surface area contributed by atoms with Crippen molar-refractivity contribution in [2.75, 3.05) is 11.1 Å². The minimum absolute atomic E-state index is 0.307. The van der Waals surface area contributed by atoms with E-state index in [2.05, 4.69) is 15.3 Å². The molecule has 0 bridgehead atoms. The monoisotopic (exact) mass is 347 g/mol.